The predicted octanol–water partition coefficient (Wildman–Crippen LogP) is 2.56. The molecule has 0 spiro atoms. The number of amides is 1. The minimum Gasteiger partial charge on any atom is -0.325 e. The van der Waals surface area contributed by atoms with Crippen molar-refractivity contribution in [2.45, 2.75) is 26.3 Å². The Kier molecular flexibility index (Phi) is 6.76. The maximum absolute atomic E-state index is 12.6. The summed E-state index contributed by atoms with van der Waals surface area (Å²) < 4.78 is 12.6. The average molecular weight is 261 g/mol. The molecule has 1 aromatic carbocycles. The molecule has 1 atom stereocenters. The molecule has 3 N–H and O–H groups in total. The van der Waals surface area contributed by atoms with Crippen LogP contribution in [0.2, 0.25) is 0 Å². The number of hydrogen-bond donors (Lipinski definition) is 2. The molecule has 0 radical (unpaired) electrons. The van der Waals surface area contributed by atoms with E-state index in [1.54, 1.807) is 0 Å². The van der Waals surface area contributed by atoms with Crippen molar-refractivity contribution >= 4 is 24.0 Å². The predicted molar refractivity (Wildman–Crippen MR) is 69.7 cm³/mol. The van der Waals surface area contributed by atoms with Crippen molar-refractivity contribution in [1.82, 2.24) is 0 Å². The summed E-state index contributed by atoms with van der Waals surface area (Å²) in [6.07, 6.45) is 0.632. The van der Waals surface area contributed by atoms with Crippen LogP contribution in [-0.4, -0.2) is 11.9 Å². The molecule has 0 fully saturated rings. The van der Waals surface area contributed by atoms with E-state index in [2.05, 4.69) is 5.32 Å². The Morgan fingerprint density at radius 2 is 1.88 bits per heavy atom. The highest BCUT2D eigenvalue weighted by Gasteiger charge is 2.14. The first-order valence-electron chi connectivity index (χ1n) is 5.31. The van der Waals surface area contributed by atoms with Crippen LogP contribution in [0.5, 0.6) is 0 Å². The molecule has 0 saturated heterocycles. The van der Waals surface area contributed by atoms with Crippen molar-refractivity contribution in [2.24, 2.45) is 11.7 Å². The first-order chi connectivity index (χ1) is 7.49. The van der Waals surface area contributed by atoms with Crippen LogP contribution in [0.4, 0.5) is 10.1 Å². The van der Waals surface area contributed by atoms with Crippen LogP contribution >= 0.6 is 12.4 Å². The molecule has 5 heteroatoms. The molecule has 0 heterocycles. The summed E-state index contributed by atoms with van der Waals surface area (Å²) in [7, 11) is 0. The number of benzene rings is 1. The highest BCUT2D eigenvalue weighted by Crippen LogP contribution is 2.10. The lowest BCUT2D eigenvalue weighted by atomic mass is 10.0. The quantitative estimate of drug-likeness (QED) is 0.874. The molecule has 1 amide bonds. The molecule has 17 heavy (non-hydrogen) atoms. The van der Waals surface area contributed by atoms with Crippen molar-refractivity contribution in [1.29, 1.82) is 0 Å². The number of hydrogen-bond acceptors (Lipinski definition) is 2. The lowest BCUT2D eigenvalue weighted by Crippen LogP contribution is -2.36. The number of carbonyl (C=O) groups excluding carboxylic acids is 1. The monoisotopic (exact) mass is 260 g/mol. The smallest absolute Gasteiger partial charge is 0.241 e. The van der Waals surface area contributed by atoms with Gasteiger partial charge in [-0.05, 0) is 36.6 Å². The van der Waals surface area contributed by atoms with E-state index in [0.29, 0.717) is 18.0 Å². The van der Waals surface area contributed by atoms with E-state index < -0.39 is 6.04 Å². The van der Waals surface area contributed by atoms with Crippen molar-refractivity contribution in [2.75, 3.05) is 5.32 Å². The minimum absolute atomic E-state index is 0. The lowest BCUT2D eigenvalue weighted by Gasteiger charge is -2.14. The standard InChI is InChI=1S/C12H17FN2O.ClH/c1-8(2)7-11(14)12(16)15-10-5-3-9(13)4-6-10;/h3-6,8,11H,7,14H2,1-2H3,(H,15,16);1H/t11-;/m0./s1. The third-order valence-corrected chi connectivity index (χ3v) is 2.17. The first kappa shape index (κ1) is 15.9. The molecule has 96 valence electrons. The Hall–Kier alpha value is -1.13. The third-order valence-electron chi connectivity index (χ3n) is 2.17. The Morgan fingerprint density at radius 3 is 2.35 bits per heavy atom. The summed E-state index contributed by atoms with van der Waals surface area (Å²) in [4.78, 5) is 11.6. The molecule has 0 bridgehead atoms. The van der Waals surface area contributed by atoms with Crippen LogP contribution in [-0.2, 0) is 4.79 Å². The van der Waals surface area contributed by atoms with Gasteiger partial charge in [0.2, 0.25) is 5.91 Å². The summed E-state index contributed by atoms with van der Waals surface area (Å²) >= 11 is 0. The summed E-state index contributed by atoms with van der Waals surface area (Å²) in [5.41, 5.74) is 6.27. The molecule has 3 nitrogen and oxygen atoms in total. The fraction of sp³-hybridized carbons (Fsp3) is 0.417. The van der Waals surface area contributed by atoms with E-state index >= 15 is 0 Å². The van der Waals surface area contributed by atoms with Crippen LogP contribution in [0.1, 0.15) is 20.3 Å². The molecule has 0 aliphatic carbocycles. The Labute approximate surface area is 107 Å². The first-order valence-corrected chi connectivity index (χ1v) is 5.31. The van der Waals surface area contributed by atoms with Gasteiger partial charge in [0.1, 0.15) is 5.82 Å². The largest absolute Gasteiger partial charge is 0.325 e. The van der Waals surface area contributed by atoms with Gasteiger partial charge < -0.3 is 11.1 Å². The van der Waals surface area contributed by atoms with Gasteiger partial charge in [-0.15, -0.1) is 12.4 Å². The zero-order valence-electron chi connectivity index (χ0n) is 9.94. The van der Waals surface area contributed by atoms with Crippen molar-refractivity contribution in [3.8, 4) is 0 Å². The molecule has 0 aromatic heterocycles. The molecular formula is C12H18ClFN2O. The van der Waals surface area contributed by atoms with Crippen molar-refractivity contribution in [3.63, 3.8) is 0 Å². The van der Waals surface area contributed by atoms with Gasteiger partial charge in [-0.2, -0.15) is 0 Å². The topological polar surface area (TPSA) is 55.1 Å². The Balaban J connectivity index is 0.00000256. The summed E-state index contributed by atoms with van der Waals surface area (Å²) in [6, 6.07) is 5.09. The zero-order valence-corrected chi connectivity index (χ0v) is 10.8. The second-order valence-corrected chi connectivity index (χ2v) is 4.23. The van der Waals surface area contributed by atoms with Gasteiger partial charge >= 0.3 is 0 Å². The maximum atomic E-state index is 12.6. The summed E-state index contributed by atoms with van der Waals surface area (Å²) in [5, 5.41) is 2.64. The van der Waals surface area contributed by atoms with Gasteiger partial charge in [0, 0.05) is 5.69 Å². The van der Waals surface area contributed by atoms with Crippen LogP contribution in [0.25, 0.3) is 0 Å². The van der Waals surface area contributed by atoms with E-state index in [4.69, 9.17) is 5.73 Å². The number of halogens is 2. The molecule has 0 unspecified atom stereocenters. The third kappa shape index (κ3) is 5.65. The van der Waals surface area contributed by atoms with Crippen molar-refractivity contribution < 1.29 is 9.18 Å². The number of rotatable bonds is 4. The highest BCUT2D eigenvalue weighted by atomic mass is 35.5. The van der Waals surface area contributed by atoms with Crippen LogP contribution in [0.3, 0.4) is 0 Å². The zero-order chi connectivity index (χ0) is 12.1. The van der Waals surface area contributed by atoms with Crippen molar-refractivity contribution in [3.05, 3.63) is 30.1 Å². The number of carbonyl (C=O) groups is 1. The second-order valence-electron chi connectivity index (χ2n) is 4.23. The SMILES string of the molecule is CC(C)C[C@H](N)C(=O)Nc1ccc(F)cc1.Cl. The van der Waals surface area contributed by atoms with E-state index in [-0.39, 0.29) is 24.1 Å². The van der Waals surface area contributed by atoms with Gasteiger partial charge in [0.15, 0.2) is 0 Å². The molecule has 0 saturated carbocycles. The van der Waals surface area contributed by atoms with Gasteiger partial charge in [-0.3, -0.25) is 4.79 Å². The van der Waals surface area contributed by atoms with Gasteiger partial charge in [-0.1, -0.05) is 13.8 Å². The normalized spacial score (nSPS) is 11.8. The Morgan fingerprint density at radius 1 is 1.35 bits per heavy atom. The fourth-order valence-corrected chi connectivity index (χ4v) is 1.38. The summed E-state index contributed by atoms with van der Waals surface area (Å²) in [6.45, 7) is 4.01. The number of anilines is 1. The summed E-state index contributed by atoms with van der Waals surface area (Å²) in [5.74, 6) is -0.196. The molecule has 1 rings (SSSR count). The van der Waals surface area contributed by atoms with Crippen LogP contribution < -0.4 is 11.1 Å². The molecular weight excluding hydrogens is 243 g/mol. The second kappa shape index (κ2) is 7.25. The van der Waals surface area contributed by atoms with E-state index in [1.807, 2.05) is 13.8 Å². The van der Waals surface area contributed by atoms with Crippen LogP contribution in [0, 0.1) is 11.7 Å². The van der Waals surface area contributed by atoms with Gasteiger partial charge in [0.05, 0.1) is 6.04 Å². The van der Waals surface area contributed by atoms with E-state index in [1.165, 1.54) is 24.3 Å². The average Bonchev–Trinajstić information content (AvgIpc) is 2.20. The highest BCUT2D eigenvalue weighted by molar-refractivity contribution is 5.94. The maximum Gasteiger partial charge on any atom is 0.241 e. The molecule has 1 aromatic rings. The lowest BCUT2D eigenvalue weighted by molar-refractivity contribution is -0.117. The molecule has 0 aliphatic heterocycles. The van der Waals surface area contributed by atoms with Gasteiger partial charge in [0.25, 0.3) is 0 Å². The van der Waals surface area contributed by atoms with E-state index in [0.717, 1.165) is 0 Å². The fourth-order valence-electron chi connectivity index (χ4n) is 1.38. The van der Waals surface area contributed by atoms with Gasteiger partial charge in [-0.25, -0.2) is 4.39 Å². The number of nitrogens with two attached hydrogens (primary N) is 1. The minimum atomic E-state index is -0.523. The van der Waals surface area contributed by atoms with Crippen LogP contribution in [0.15, 0.2) is 24.3 Å². The number of nitrogens with one attached hydrogen (secondary N) is 1. The molecule has 0 aliphatic rings. The Bertz CT molecular complexity index is 354. The van der Waals surface area contributed by atoms with E-state index in [9.17, 15) is 9.18 Å².